The molecule has 0 aliphatic heterocycles. The first kappa shape index (κ1) is 33.6. The molecule has 226 valence electrons. The standard InChI is InChI=1S/C30H35Cl2N3O5S2/c1-5-17-33-30(37)21(3)34(19-22-7-16-27(31)28(32)18-22)29(36)20-35(23-8-10-24(11-9-23)40-6-2)42(38,39)26-14-12-25(41-4)13-15-26/h7-16,18,21H,5-6,17,19-20H2,1-4H3,(H,33,37)/t21-/m0/s1. The Morgan fingerprint density at radius 2 is 1.64 bits per heavy atom. The Morgan fingerprint density at radius 1 is 0.976 bits per heavy atom. The van der Waals surface area contributed by atoms with Crippen LogP contribution in [-0.2, 0) is 26.2 Å². The van der Waals surface area contributed by atoms with Crippen molar-refractivity contribution in [1.82, 2.24) is 10.2 Å². The maximum atomic E-state index is 14.0. The summed E-state index contributed by atoms with van der Waals surface area (Å²) in [7, 11) is -4.18. The van der Waals surface area contributed by atoms with E-state index >= 15 is 0 Å². The van der Waals surface area contributed by atoms with Gasteiger partial charge >= 0.3 is 0 Å². The Kier molecular flexibility index (Phi) is 12.4. The number of hydrogen-bond donors (Lipinski definition) is 1. The molecule has 0 heterocycles. The predicted molar refractivity (Wildman–Crippen MR) is 170 cm³/mol. The number of rotatable bonds is 14. The van der Waals surface area contributed by atoms with Gasteiger partial charge in [0, 0.05) is 18.0 Å². The topological polar surface area (TPSA) is 96.0 Å². The summed E-state index contributed by atoms with van der Waals surface area (Å²) in [6.45, 7) is 5.73. The Bertz CT molecular complexity index is 1470. The molecule has 2 amide bonds. The molecule has 0 aliphatic rings. The number of carbonyl (C=O) groups is 2. The third-order valence-electron chi connectivity index (χ3n) is 6.42. The van der Waals surface area contributed by atoms with Gasteiger partial charge in [0.15, 0.2) is 0 Å². The molecule has 0 aromatic heterocycles. The number of nitrogens with one attached hydrogen (secondary N) is 1. The molecule has 0 radical (unpaired) electrons. The van der Waals surface area contributed by atoms with E-state index in [0.29, 0.717) is 34.5 Å². The van der Waals surface area contributed by atoms with Crippen molar-refractivity contribution in [1.29, 1.82) is 0 Å². The zero-order valence-corrected chi connectivity index (χ0v) is 27.1. The van der Waals surface area contributed by atoms with Crippen LogP contribution in [0.5, 0.6) is 5.75 Å². The van der Waals surface area contributed by atoms with Crippen molar-refractivity contribution in [3.63, 3.8) is 0 Å². The Morgan fingerprint density at radius 3 is 2.21 bits per heavy atom. The predicted octanol–water partition coefficient (Wildman–Crippen LogP) is 6.25. The van der Waals surface area contributed by atoms with Gasteiger partial charge in [-0.2, -0.15) is 0 Å². The van der Waals surface area contributed by atoms with E-state index in [0.717, 1.165) is 15.6 Å². The molecule has 0 saturated carbocycles. The first-order chi connectivity index (χ1) is 20.0. The summed E-state index contributed by atoms with van der Waals surface area (Å²) >= 11 is 13.8. The molecular weight excluding hydrogens is 617 g/mol. The normalized spacial score (nSPS) is 12.0. The second-order valence-electron chi connectivity index (χ2n) is 9.35. The van der Waals surface area contributed by atoms with Gasteiger partial charge in [-0.05, 0) is 92.8 Å². The van der Waals surface area contributed by atoms with Crippen LogP contribution in [0.15, 0.2) is 76.5 Å². The second-order valence-corrected chi connectivity index (χ2v) is 12.9. The molecule has 3 rings (SSSR count). The maximum absolute atomic E-state index is 14.0. The molecular formula is C30H35Cl2N3O5S2. The van der Waals surface area contributed by atoms with Crippen molar-refractivity contribution in [3.8, 4) is 5.75 Å². The summed E-state index contributed by atoms with van der Waals surface area (Å²) in [5, 5.41) is 3.47. The van der Waals surface area contributed by atoms with Crippen LogP contribution in [-0.4, -0.2) is 57.1 Å². The first-order valence-electron chi connectivity index (χ1n) is 13.4. The van der Waals surface area contributed by atoms with Crippen molar-refractivity contribution in [2.75, 3.05) is 30.3 Å². The number of anilines is 1. The number of thioether (sulfide) groups is 1. The molecule has 0 unspecified atom stereocenters. The largest absolute Gasteiger partial charge is 0.494 e. The van der Waals surface area contributed by atoms with Crippen molar-refractivity contribution in [3.05, 3.63) is 82.3 Å². The number of sulfonamides is 1. The van der Waals surface area contributed by atoms with Crippen LogP contribution in [0.2, 0.25) is 10.0 Å². The summed E-state index contributed by atoms with van der Waals surface area (Å²) < 4.78 is 34.6. The molecule has 3 aromatic carbocycles. The number of ether oxygens (including phenoxy) is 1. The zero-order chi connectivity index (χ0) is 30.9. The average molecular weight is 653 g/mol. The van der Waals surface area contributed by atoms with Crippen LogP contribution in [0.1, 0.15) is 32.8 Å². The fraction of sp³-hybridized carbons (Fsp3) is 0.333. The van der Waals surface area contributed by atoms with Gasteiger partial charge < -0.3 is 15.0 Å². The van der Waals surface area contributed by atoms with E-state index < -0.39 is 28.5 Å². The smallest absolute Gasteiger partial charge is 0.264 e. The molecule has 0 aliphatic carbocycles. The number of carbonyl (C=O) groups excluding carboxylic acids is 2. The van der Waals surface area contributed by atoms with Gasteiger partial charge in [0.1, 0.15) is 18.3 Å². The lowest BCUT2D eigenvalue weighted by molar-refractivity contribution is -0.139. The summed E-state index contributed by atoms with van der Waals surface area (Å²) in [6.07, 6.45) is 2.62. The third-order valence-corrected chi connectivity index (χ3v) is 9.69. The quantitative estimate of drug-likeness (QED) is 0.207. The van der Waals surface area contributed by atoms with Crippen LogP contribution < -0.4 is 14.4 Å². The van der Waals surface area contributed by atoms with Crippen LogP contribution in [0.25, 0.3) is 0 Å². The number of hydrogen-bond acceptors (Lipinski definition) is 6. The third kappa shape index (κ3) is 8.56. The van der Waals surface area contributed by atoms with Crippen molar-refractivity contribution in [2.24, 2.45) is 0 Å². The number of nitrogens with zero attached hydrogens (tertiary/aromatic N) is 2. The molecule has 1 atom stereocenters. The highest BCUT2D eigenvalue weighted by Gasteiger charge is 2.32. The lowest BCUT2D eigenvalue weighted by Crippen LogP contribution is -2.51. The molecule has 8 nitrogen and oxygen atoms in total. The molecule has 3 aromatic rings. The highest BCUT2D eigenvalue weighted by atomic mass is 35.5. The van der Waals surface area contributed by atoms with Crippen LogP contribution in [0.4, 0.5) is 5.69 Å². The molecule has 0 bridgehead atoms. The lowest BCUT2D eigenvalue weighted by atomic mass is 10.1. The van der Waals surface area contributed by atoms with Crippen molar-refractivity contribution in [2.45, 2.75) is 49.6 Å². The second kappa shape index (κ2) is 15.5. The van der Waals surface area contributed by atoms with E-state index in [1.807, 2.05) is 20.1 Å². The van der Waals surface area contributed by atoms with E-state index in [-0.39, 0.29) is 23.0 Å². The fourth-order valence-electron chi connectivity index (χ4n) is 4.09. The fourth-order valence-corrected chi connectivity index (χ4v) is 6.24. The maximum Gasteiger partial charge on any atom is 0.264 e. The average Bonchev–Trinajstić information content (AvgIpc) is 2.99. The summed E-state index contributed by atoms with van der Waals surface area (Å²) in [5.74, 6) is -0.358. The lowest BCUT2D eigenvalue weighted by Gasteiger charge is -2.32. The van der Waals surface area contributed by atoms with E-state index in [4.69, 9.17) is 27.9 Å². The van der Waals surface area contributed by atoms with Crippen LogP contribution in [0.3, 0.4) is 0 Å². The Labute approximate surface area is 262 Å². The minimum atomic E-state index is -4.18. The highest BCUT2D eigenvalue weighted by Crippen LogP contribution is 2.28. The Balaban J connectivity index is 2.04. The van der Waals surface area contributed by atoms with Crippen LogP contribution in [0, 0.1) is 0 Å². The minimum absolute atomic E-state index is 0.00994. The summed E-state index contributed by atoms with van der Waals surface area (Å²) in [6, 6.07) is 17.0. The first-order valence-corrected chi connectivity index (χ1v) is 16.8. The van der Waals surface area contributed by atoms with Gasteiger partial charge in [-0.1, -0.05) is 36.2 Å². The molecule has 1 N–H and O–H groups in total. The molecule has 0 spiro atoms. The highest BCUT2D eigenvalue weighted by molar-refractivity contribution is 7.98. The van der Waals surface area contributed by atoms with E-state index in [2.05, 4.69) is 5.32 Å². The van der Waals surface area contributed by atoms with E-state index in [1.165, 1.54) is 28.8 Å². The van der Waals surface area contributed by atoms with Gasteiger partial charge in [0.2, 0.25) is 11.8 Å². The SMILES string of the molecule is CCCNC(=O)[C@H](C)N(Cc1ccc(Cl)c(Cl)c1)C(=O)CN(c1ccc(OCC)cc1)S(=O)(=O)c1ccc(SC)cc1. The molecule has 0 fully saturated rings. The van der Waals surface area contributed by atoms with Gasteiger partial charge in [-0.15, -0.1) is 11.8 Å². The molecule has 0 saturated heterocycles. The Hall–Kier alpha value is -2.92. The van der Waals surface area contributed by atoms with Gasteiger partial charge in [0.25, 0.3) is 10.0 Å². The van der Waals surface area contributed by atoms with Crippen molar-refractivity contribution < 1.29 is 22.7 Å². The van der Waals surface area contributed by atoms with Crippen LogP contribution >= 0.6 is 35.0 Å². The van der Waals surface area contributed by atoms with Crippen molar-refractivity contribution >= 4 is 62.5 Å². The number of benzene rings is 3. The van der Waals surface area contributed by atoms with Gasteiger partial charge in [-0.25, -0.2) is 8.42 Å². The van der Waals surface area contributed by atoms with E-state index in [1.54, 1.807) is 61.5 Å². The molecule has 12 heteroatoms. The van der Waals surface area contributed by atoms with Gasteiger partial charge in [-0.3, -0.25) is 13.9 Å². The minimum Gasteiger partial charge on any atom is -0.494 e. The summed E-state index contributed by atoms with van der Waals surface area (Å²) in [5.41, 5.74) is 0.911. The monoisotopic (exact) mass is 651 g/mol. The number of halogens is 2. The van der Waals surface area contributed by atoms with E-state index in [9.17, 15) is 18.0 Å². The number of amides is 2. The zero-order valence-electron chi connectivity index (χ0n) is 24.0. The van der Waals surface area contributed by atoms with Gasteiger partial charge in [0.05, 0.1) is 27.2 Å². The molecule has 42 heavy (non-hydrogen) atoms. The summed E-state index contributed by atoms with van der Waals surface area (Å²) in [4.78, 5) is 29.3.